The van der Waals surface area contributed by atoms with Crippen molar-refractivity contribution in [2.45, 2.75) is 54.5 Å². The zero-order chi connectivity index (χ0) is 35.9. The number of ketones is 1. The Morgan fingerprint density at radius 3 is 2.12 bits per heavy atom. The van der Waals surface area contributed by atoms with Gasteiger partial charge in [0.2, 0.25) is 0 Å². The molecule has 0 aliphatic heterocycles. The number of allylic oxidation sites excluding steroid dienone is 6. The normalized spacial score (nSPS) is 11.6. The summed E-state index contributed by atoms with van der Waals surface area (Å²) in [5, 5.41) is 10.4. The van der Waals surface area contributed by atoms with Crippen LogP contribution in [0.2, 0.25) is 0 Å². The maximum atomic E-state index is 12.9. The van der Waals surface area contributed by atoms with E-state index < -0.39 is 0 Å². The molecule has 4 aromatic carbocycles. The second kappa shape index (κ2) is 23.5. The lowest BCUT2D eigenvalue weighted by molar-refractivity contribution is 0.103. The molecule has 1 atom stereocenters. The lowest BCUT2D eigenvalue weighted by atomic mass is 9.97. The standard InChI is InChI=1S/C22H21NO2.C12H19F.C7H7F.CH4O/c1-16-7-5-9-18(13-16)22(24)20-11-3-4-12-21(20)23-15-17-8-6-10-19(14-17)25-2;1-5-7-12(6-2)10(3)8-9-11(4)13;1-6-2-4-7(8)5-3-6;1-2/h3-14,23H,15H2,1-2H3;5,7-9,12H,6H2,1-4H3;2-5H,1H3;2H,1H3/b;7-5-,10-8+,11-9+;;. The number of nitrogens with one attached hydrogen (secondary N) is 1. The van der Waals surface area contributed by atoms with E-state index in [4.69, 9.17) is 9.84 Å². The number of halogens is 2. The predicted molar refractivity (Wildman–Crippen MR) is 198 cm³/mol. The number of hydrogen-bond donors (Lipinski definition) is 2. The summed E-state index contributed by atoms with van der Waals surface area (Å²) in [6, 6.07) is 29.6. The molecule has 0 bridgehead atoms. The van der Waals surface area contributed by atoms with E-state index in [1.54, 1.807) is 19.2 Å². The van der Waals surface area contributed by atoms with E-state index in [9.17, 15) is 13.6 Å². The number of anilines is 1. The molecule has 0 aromatic heterocycles. The van der Waals surface area contributed by atoms with Gasteiger partial charge in [-0.15, -0.1) is 0 Å². The Balaban J connectivity index is 0.000000417. The van der Waals surface area contributed by atoms with Gasteiger partial charge in [-0.25, -0.2) is 8.78 Å². The minimum atomic E-state index is -0.171. The summed E-state index contributed by atoms with van der Waals surface area (Å²) in [5.74, 6) is 0.978. The monoisotopic (exact) mass is 655 g/mol. The van der Waals surface area contributed by atoms with Gasteiger partial charge in [0.15, 0.2) is 5.78 Å². The molecule has 0 saturated carbocycles. The fourth-order valence-electron chi connectivity index (χ4n) is 4.50. The van der Waals surface area contributed by atoms with E-state index >= 15 is 0 Å². The molecule has 1 unspecified atom stereocenters. The maximum absolute atomic E-state index is 12.9. The smallest absolute Gasteiger partial charge is 0.195 e. The second-order valence-electron chi connectivity index (χ2n) is 10.9. The molecule has 256 valence electrons. The van der Waals surface area contributed by atoms with Crippen molar-refractivity contribution in [3.63, 3.8) is 0 Å². The van der Waals surface area contributed by atoms with Crippen LogP contribution in [0.3, 0.4) is 0 Å². The summed E-state index contributed by atoms with van der Waals surface area (Å²) in [6.45, 7) is 12.2. The minimum Gasteiger partial charge on any atom is -0.497 e. The van der Waals surface area contributed by atoms with Crippen molar-refractivity contribution < 1.29 is 23.4 Å². The Kier molecular flexibility index (Phi) is 20.2. The molecule has 2 N–H and O–H groups in total. The molecular formula is C42H51F2NO3. The van der Waals surface area contributed by atoms with Crippen molar-refractivity contribution in [2.24, 2.45) is 5.92 Å². The summed E-state index contributed by atoms with van der Waals surface area (Å²) >= 11 is 0. The van der Waals surface area contributed by atoms with Crippen LogP contribution in [0.5, 0.6) is 5.75 Å². The van der Waals surface area contributed by atoms with Crippen molar-refractivity contribution in [1.29, 1.82) is 0 Å². The molecule has 0 saturated heterocycles. The number of methoxy groups -OCH3 is 1. The lowest BCUT2D eigenvalue weighted by Gasteiger charge is -2.12. The highest BCUT2D eigenvalue weighted by Gasteiger charge is 2.13. The third kappa shape index (κ3) is 15.7. The van der Waals surface area contributed by atoms with E-state index in [1.807, 2.05) is 113 Å². The van der Waals surface area contributed by atoms with Gasteiger partial charge < -0.3 is 15.2 Å². The quantitative estimate of drug-likeness (QED) is 0.101. The number of carbonyl (C=O) groups is 1. The zero-order valence-electron chi connectivity index (χ0n) is 29.6. The summed E-state index contributed by atoms with van der Waals surface area (Å²) in [5.41, 5.74) is 6.68. The summed E-state index contributed by atoms with van der Waals surface area (Å²) in [6.07, 6.45) is 8.61. The molecule has 48 heavy (non-hydrogen) atoms. The van der Waals surface area contributed by atoms with E-state index in [0.29, 0.717) is 23.6 Å². The number of para-hydroxylation sites is 1. The Bertz CT molecular complexity index is 1580. The van der Waals surface area contributed by atoms with E-state index in [1.165, 1.54) is 30.7 Å². The Morgan fingerprint density at radius 2 is 1.54 bits per heavy atom. The van der Waals surface area contributed by atoms with E-state index in [0.717, 1.165) is 41.7 Å². The van der Waals surface area contributed by atoms with Gasteiger partial charge in [-0.1, -0.05) is 96.4 Å². The van der Waals surface area contributed by atoms with Crippen molar-refractivity contribution in [1.82, 2.24) is 0 Å². The van der Waals surface area contributed by atoms with Crippen LogP contribution in [0.15, 0.2) is 133 Å². The molecule has 0 fully saturated rings. The first-order valence-corrected chi connectivity index (χ1v) is 15.9. The van der Waals surface area contributed by atoms with Gasteiger partial charge in [0.25, 0.3) is 0 Å². The molecule has 0 aliphatic carbocycles. The van der Waals surface area contributed by atoms with Gasteiger partial charge in [0.05, 0.1) is 12.9 Å². The molecule has 0 amide bonds. The highest BCUT2D eigenvalue weighted by atomic mass is 19.1. The maximum Gasteiger partial charge on any atom is 0.195 e. The third-order valence-corrected chi connectivity index (χ3v) is 7.11. The predicted octanol–water partition coefficient (Wildman–Crippen LogP) is 11.0. The third-order valence-electron chi connectivity index (χ3n) is 7.11. The van der Waals surface area contributed by atoms with E-state index in [-0.39, 0.29) is 17.4 Å². The van der Waals surface area contributed by atoms with Gasteiger partial charge in [-0.2, -0.15) is 0 Å². The first kappa shape index (κ1) is 41.2. The van der Waals surface area contributed by atoms with Crippen LogP contribution in [-0.2, 0) is 6.54 Å². The van der Waals surface area contributed by atoms with Gasteiger partial charge in [-0.3, -0.25) is 4.79 Å². The SMILES string of the molecule is C/C=C\C(CC)/C(C)=C/C=C(\C)F.CO.COc1cccc(CNc2ccccc2C(=O)c2cccc(C)c2)c1.Cc1ccc(F)cc1. The number of carbonyl (C=O) groups excluding carboxylic acids is 1. The van der Waals surface area contributed by atoms with Crippen LogP contribution in [0.4, 0.5) is 14.5 Å². The first-order valence-electron chi connectivity index (χ1n) is 15.9. The number of aliphatic hydroxyl groups excluding tert-OH is 1. The zero-order valence-corrected chi connectivity index (χ0v) is 29.6. The molecule has 0 spiro atoms. The molecule has 6 heteroatoms. The largest absolute Gasteiger partial charge is 0.497 e. The highest BCUT2D eigenvalue weighted by Crippen LogP contribution is 2.22. The summed E-state index contributed by atoms with van der Waals surface area (Å²) < 4.78 is 29.8. The number of aliphatic hydroxyl groups is 1. The van der Waals surface area contributed by atoms with Gasteiger partial charge in [0.1, 0.15) is 11.6 Å². The lowest BCUT2D eigenvalue weighted by Crippen LogP contribution is -2.08. The topological polar surface area (TPSA) is 58.6 Å². The minimum absolute atomic E-state index is 0.0254. The summed E-state index contributed by atoms with van der Waals surface area (Å²) in [4.78, 5) is 12.9. The van der Waals surface area contributed by atoms with Crippen molar-refractivity contribution in [2.75, 3.05) is 19.5 Å². The number of hydrogen-bond acceptors (Lipinski definition) is 4. The Hall–Kier alpha value is -4.81. The fourth-order valence-corrected chi connectivity index (χ4v) is 4.50. The van der Waals surface area contributed by atoms with Crippen LogP contribution in [0, 0.1) is 25.6 Å². The van der Waals surface area contributed by atoms with Crippen LogP contribution >= 0.6 is 0 Å². The molecule has 4 rings (SSSR count). The van der Waals surface area contributed by atoms with Gasteiger partial charge in [-0.05, 0) is 101 Å². The Labute approximate surface area is 286 Å². The number of benzene rings is 4. The molecule has 4 nitrogen and oxygen atoms in total. The highest BCUT2D eigenvalue weighted by molar-refractivity contribution is 6.12. The van der Waals surface area contributed by atoms with E-state index in [2.05, 4.69) is 18.3 Å². The Morgan fingerprint density at radius 1 is 0.875 bits per heavy atom. The number of rotatable bonds is 10. The van der Waals surface area contributed by atoms with Crippen LogP contribution in [0.25, 0.3) is 0 Å². The molecular weight excluding hydrogens is 604 g/mol. The second-order valence-corrected chi connectivity index (χ2v) is 10.9. The average molecular weight is 656 g/mol. The fraction of sp³-hybridized carbons (Fsp3) is 0.262. The summed E-state index contributed by atoms with van der Waals surface area (Å²) in [7, 11) is 2.66. The van der Waals surface area contributed by atoms with Crippen LogP contribution < -0.4 is 10.1 Å². The molecule has 0 aliphatic rings. The van der Waals surface area contributed by atoms with Gasteiger partial charge >= 0.3 is 0 Å². The van der Waals surface area contributed by atoms with Crippen molar-refractivity contribution >= 4 is 11.5 Å². The van der Waals surface area contributed by atoms with Gasteiger partial charge in [0, 0.05) is 30.5 Å². The van der Waals surface area contributed by atoms with Crippen molar-refractivity contribution in [3.8, 4) is 5.75 Å². The molecule has 0 radical (unpaired) electrons. The van der Waals surface area contributed by atoms with Crippen molar-refractivity contribution in [3.05, 3.63) is 166 Å². The number of ether oxygens (including phenoxy) is 1. The molecule has 4 aromatic rings. The molecule has 0 heterocycles. The number of aryl methyl sites for hydroxylation is 2. The van der Waals surface area contributed by atoms with Crippen LogP contribution in [-0.4, -0.2) is 25.1 Å². The van der Waals surface area contributed by atoms with Crippen LogP contribution in [0.1, 0.15) is 66.7 Å². The first-order chi connectivity index (χ1) is 23.1. The average Bonchev–Trinajstić information content (AvgIpc) is 3.11.